The van der Waals surface area contributed by atoms with Crippen LogP contribution in [0.25, 0.3) is 6.08 Å². The predicted octanol–water partition coefficient (Wildman–Crippen LogP) is 3.18. The molecule has 1 saturated heterocycles. The number of nitrogens with zero attached hydrogens (tertiary/aromatic N) is 1. The van der Waals surface area contributed by atoms with Gasteiger partial charge in [-0.05, 0) is 59.2 Å². The minimum absolute atomic E-state index is 0.0640. The summed E-state index contributed by atoms with van der Waals surface area (Å²) in [6.07, 6.45) is -0.387. The van der Waals surface area contributed by atoms with Gasteiger partial charge in [0.05, 0.1) is 12.0 Å². The van der Waals surface area contributed by atoms with Crippen LogP contribution in [0.1, 0.15) is 64.3 Å². The van der Waals surface area contributed by atoms with Gasteiger partial charge in [0.2, 0.25) is 15.9 Å². The van der Waals surface area contributed by atoms with E-state index >= 15 is 0 Å². The highest BCUT2D eigenvalue weighted by molar-refractivity contribution is 7.90. The minimum Gasteiger partial charge on any atom is -0.477 e. The van der Waals surface area contributed by atoms with E-state index in [0.717, 1.165) is 16.4 Å². The number of benzene rings is 1. The maximum absolute atomic E-state index is 14.8. The molecule has 1 aromatic carbocycles. The second-order valence-corrected chi connectivity index (χ2v) is 11.3. The molecule has 1 fully saturated rings. The lowest BCUT2D eigenvalue weighted by Crippen LogP contribution is -2.45. The molecule has 1 atom stereocenters. The van der Waals surface area contributed by atoms with Gasteiger partial charge in [-0.2, -0.15) is 0 Å². The topological polar surface area (TPSA) is 130 Å². The molecule has 32 heavy (non-hydrogen) atoms. The molecule has 2 rings (SSSR count). The number of hydrogen-bond acceptors (Lipinski definition) is 6. The summed E-state index contributed by atoms with van der Waals surface area (Å²) < 4.78 is 46.4. The van der Waals surface area contributed by atoms with Crippen LogP contribution in [0.3, 0.4) is 0 Å². The van der Waals surface area contributed by atoms with Crippen LogP contribution in [-0.2, 0) is 24.3 Å². The molecule has 9 nitrogen and oxygen atoms in total. The van der Waals surface area contributed by atoms with Gasteiger partial charge in [0, 0.05) is 5.56 Å². The Hall–Kier alpha value is -2.95. The van der Waals surface area contributed by atoms with Crippen LogP contribution in [0.15, 0.2) is 23.9 Å². The summed E-state index contributed by atoms with van der Waals surface area (Å²) in [5.74, 6) is -3.02. The van der Waals surface area contributed by atoms with Crippen LogP contribution in [0.4, 0.5) is 9.18 Å². The zero-order valence-corrected chi connectivity index (χ0v) is 19.5. The van der Waals surface area contributed by atoms with Crippen LogP contribution >= 0.6 is 0 Å². The lowest BCUT2D eigenvalue weighted by atomic mass is 10.0. The third kappa shape index (κ3) is 5.64. The SMILES string of the molecule is CC(C)(C)OC(=O)NC(=Cc1ccc(C2CC(=O)N(C(C)(C)C)S2(=O)=O)c(F)c1)C(=O)O. The molecule has 1 aliphatic rings. The highest BCUT2D eigenvalue weighted by atomic mass is 32.2. The molecule has 0 aromatic heterocycles. The second-order valence-electron chi connectivity index (χ2n) is 9.34. The minimum atomic E-state index is -4.13. The zero-order valence-electron chi connectivity index (χ0n) is 18.7. The maximum Gasteiger partial charge on any atom is 0.412 e. The standard InChI is InChI=1S/C21H27FN2O7S/c1-20(2,3)24-17(25)11-16(32(24,29)30)13-8-7-12(9-14(13)22)10-15(18(26)27)23-19(28)31-21(4,5)6/h7-10,16H,11H2,1-6H3,(H,23,28)(H,26,27). The van der Waals surface area contributed by atoms with Gasteiger partial charge in [-0.25, -0.2) is 26.7 Å². The first-order valence-corrected chi connectivity index (χ1v) is 11.3. The van der Waals surface area contributed by atoms with E-state index in [9.17, 15) is 32.3 Å². The Morgan fingerprint density at radius 1 is 1.22 bits per heavy atom. The number of carboxylic acids is 1. The molecule has 0 aliphatic carbocycles. The summed E-state index contributed by atoms with van der Waals surface area (Å²) in [5.41, 5.74) is -2.54. The molecule has 1 aromatic rings. The Morgan fingerprint density at radius 3 is 2.25 bits per heavy atom. The molecular formula is C21H27FN2O7S. The number of nitrogens with one attached hydrogen (secondary N) is 1. The van der Waals surface area contributed by atoms with Gasteiger partial charge in [0.25, 0.3) is 0 Å². The first-order valence-electron chi connectivity index (χ1n) is 9.75. The quantitative estimate of drug-likeness (QED) is 0.646. The molecule has 1 heterocycles. The van der Waals surface area contributed by atoms with E-state index in [2.05, 4.69) is 5.32 Å². The number of halogens is 1. The molecule has 0 saturated carbocycles. The number of sulfonamides is 1. The summed E-state index contributed by atoms with van der Waals surface area (Å²) in [6, 6.07) is 3.43. The molecule has 2 N–H and O–H groups in total. The van der Waals surface area contributed by atoms with E-state index in [-0.39, 0.29) is 11.1 Å². The Labute approximate surface area is 186 Å². The van der Waals surface area contributed by atoms with Gasteiger partial charge in [-0.1, -0.05) is 12.1 Å². The monoisotopic (exact) mass is 470 g/mol. The molecule has 0 spiro atoms. The highest BCUT2D eigenvalue weighted by Gasteiger charge is 2.50. The largest absolute Gasteiger partial charge is 0.477 e. The van der Waals surface area contributed by atoms with Crippen molar-refractivity contribution in [3.05, 3.63) is 40.8 Å². The van der Waals surface area contributed by atoms with Crippen molar-refractivity contribution >= 4 is 34.1 Å². The molecular weight excluding hydrogens is 443 g/mol. The summed E-state index contributed by atoms with van der Waals surface area (Å²) >= 11 is 0. The normalized spacial score (nSPS) is 19.1. The van der Waals surface area contributed by atoms with Crippen molar-refractivity contribution in [2.45, 2.75) is 64.4 Å². The second kappa shape index (κ2) is 8.53. The van der Waals surface area contributed by atoms with Gasteiger partial charge < -0.3 is 9.84 Å². The third-order valence-corrected chi connectivity index (χ3v) is 6.76. The van der Waals surface area contributed by atoms with Crippen molar-refractivity contribution in [1.82, 2.24) is 9.62 Å². The van der Waals surface area contributed by atoms with E-state index < -0.39 is 62.3 Å². The van der Waals surface area contributed by atoms with Crippen LogP contribution in [-0.4, -0.2) is 46.9 Å². The maximum atomic E-state index is 14.8. The van der Waals surface area contributed by atoms with Crippen LogP contribution < -0.4 is 5.32 Å². The number of alkyl carbamates (subject to hydrolysis) is 1. The summed E-state index contributed by atoms with van der Waals surface area (Å²) in [7, 11) is -4.13. The third-order valence-electron chi connectivity index (χ3n) is 4.36. The Kier molecular flexibility index (Phi) is 6.75. The number of hydrogen-bond donors (Lipinski definition) is 2. The van der Waals surface area contributed by atoms with Crippen molar-refractivity contribution in [2.75, 3.05) is 0 Å². The number of carbonyl (C=O) groups is 3. The summed E-state index contributed by atoms with van der Waals surface area (Å²) in [6.45, 7) is 9.52. The Morgan fingerprint density at radius 2 is 1.81 bits per heavy atom. The van der Waals surface area contributed by atoms with Gasteiger partial charge in [0.15, 0.2) is 0 Å². The number of carboxylic acid groups (broad SMARTS) is 1. The van der Waals surface area contributed by atoms with E-state index in [1.54, 1.807) is 41.5 Å². The smallest absolute Gasteiger partial charge is 0.412 e. The average Bonchev–Trinajstić information content (AvgIpc) is 2.81. The fraction of sp³-hybridized carbons (Fsp3) is 0.476. The number of amides is 2. The van der Waals surface area contributed by atoms with E-state index in [1.165, 1.54) is 12.1 Å². The number of ether oxygens (including phenoxy) is 1. The highest BCUT2D eigenvalue weighted by Crippen LogP contribution is 2.41. The number of aliphatic carboxylic acids is 1. The fourth-order valence-electron chi connectivity index (χ4n) is 3.27. The van der Waals surface area contributed by atoms with Gasteiger partial charge >= 0.3 is 12.1 Å². The van der Waals surface area contributed by atoms with E-state index in [0.29, 0.717) is 0 Å². The zero-order chi connectivity index (χ0) is 24.6. The van der Waals surface area contributed by atoms with E-state index in [4.69, 9.17) is 4.74 Å². The molecule has 0 radical (unpaired) electrons. The lowest BCUT2D eigenvalue weighted by Gasteiger charge is -2.30. The Balaban J connectivity index is 2.36. The van der Waals surface area contributed by atoms with Crippen molar-refractivity contribution < 1.29 is 37.0 Å². The molecule has 2 amide bonds. The van der Waals surface area contributed by atoms with Crippen molar-refractivity contribution in [2.24, 2.45) is 0 Å². The molecule has 1 aliphatic heterocycles. The Bertz CT molecular complexity index is 1080. The summed E-state index contributed by atoms with van der Waals surface area (Å²) in [5, 5.41) is 10.0. The fourth-order valence-corrected chi connectivity index (χ4v) is 5.51. The van der Waals surface area contributed by atoms with Gasteiger partial charge in [-0.15, -0.1) is 0 Å². The van der Waals surface area contributed by atoms with Crippen molar-refractivity contribution in [1.29, 1.82) is 0 Å². The van der Waals surface area contributed by atoms with Crippen LogP contribution in [0.2, 0.25) is 0 Å². The van der Waals surface area contributed by atoms with Crippen molar-refractivity contribution in [3.8, 4) is 0 Å². The predicted molar refractivity (Wildman–Crippen MR) is 114 cm³/mol. The van der Waals surface area contributed by atoms with Gasteiger partial charge in [-0.3, -0.25) is 10.1 Å². The van der Waals surface area contributed by atoms with Crippen LogP contribution in [0.5, 0.6) is 0 Å². The number of carbonyl (C=O) groups excluding carboxylic acids is 2. The summed E-state index contributed by atoms with van der Waals surface area (Å²) in [4.78, 5) is 35.6. The lowest BCUT2D eigenvalue weighted by molar-refractivity contribution is -0.133. The first-order chi connectivity index (χ1) is 14.4. The van der Waals surface area contributed by atoms with E-state index in [1.807, 2.05) is 0 Å². The van der Waals surface area contributed by atoms with Crippen molar-refractivity contribution in [3.63, 3.8) is 0 Å². The van der Waals surface area contributed by atoms with Crippen LogP contribution in [0, 0.1) is 5.82 Å². The molecule has 1 unspecified atom stereocenters. The van der Waals surface area contributed by atoms with Gasteiger partial charge in [0.1, 0.15) is 22.4 Å². The first kappa shape index (κ1) is 25.3. The molecule has 176 valence electrons. The molecule has 11 heteroatoms. The average molecular weight is 471 g/mol. The molecule has 0 bridgehead atoms. The number of rotatable bonds is 4.